The molecule has 7 heteroatoms. The highest BCUT2D eigenvalue weighted by Gasteiger charge is 2.29. The van der Waals surface area contributed by atoms with Crippen LogP contribution in [-0.4, -0.2) is 40.0 Å². The number of anilines is 1. The highest BCUT2D eigenvalue weighted by atomic mass is 19.1. The third kappa shape index (κ3) is 4.34. The number of rotatable bonds is 4. The van der Waals surface area contributed by atoms with Gasteiger partial charge in [0.15, 0.2) is 0 Å². The van der Waals surface area contributed by atoms with E-state index in [1.54, 1.807) is 11.1 Å². The Labute approximate surface area is 167 Å². The van der Waals surface area contributed by atoms with Crippen molar-refractivity contribution >= 4 is 17.5 Å². The minimum absolute atomic E-state index is 0.108. The maximum absolute atomic E-state index is 13.1. The molecule has 1 atom stereocenters. The number of aromatic nitrogens is 2. The van der Waals surface area contributed by atoms with Crippen LogP contribution in [0.4, 0.5) is 10.1 Å². The van der Waals surface area contributed by atoms with Gasteiger partial charge in [-0.25, -0.2) is 4.39 Å². The summed E-state index contributed by atoms with van der Waals surface area (Å²) in [6, 6.07) is 14.9. The quantitative estimate of drug-likeness (QED) is 0.711. The number of piperidine rings is 1. The van der Waals surface area contributed by atoms with Crippen molar-refractivity contribution in [2.24, 2.45) is 5.92 Å². The Morgan fingerprint density at radius 2 is 1.97 bits per heavy atom. The molecule has 148 valence electrons. The first-order valence-electron chi connectivity index (χ1n) is 9.56. The molecule has 1 fully saturated rings. The minimum atomic E-state index is -0.380. The fraction of sp³-hybridized carbons (Fsp3) is 0.227. The van der Waals surface area contributed by atoms with Crippen molar-refractivity contribution in [1.82, 2.24) is 15.1 Å². The summed E-state index contributed by atoms with van der Waals surface area (Å²) < 4.78 is 13.1. The van der Waals surface area contributed by atoms with Gasteiger partial charge in [-0.15, -0.1) is 0 Å². The number of carbonyl (C=O) groups excluding carboxylic acids is 2. The maximum Gasteiger partial charge on any atom is 0.253 e. The van der Waals surface area contributed by atoms with Gasteiger partial charge in [0.05, 0.1) is 11.6 Å². The number of nitrogens with zero attached hydrogens (tertiary/aromatic N) is 2. The molecule has 3 aromatic rings. The van der Waals surface area contributed by atoms with Crippen molar-refractivity contribution in [3.63, 3.8) is 0 Å². The fourth-order valence-corrected chi connectivity index (χ4v) is 3.58. The van der Waals surface area contributed by atoms with Gasteiger partial charge in [0.2, 0.25) is 5.91 Å². The maximum atomic E-state index is 13.1. The predicted molar refractivity (Wildman–Crippen MR) is 108 cm³/mol. The van der Waals surface area contributed by atoms with Gasteiger partial charge in [-0.2, -0.15) is 5.10 Å². The third-order valence-corrected chi connectivity index (χ3v) is 5.11. The lowest BCUT2D eigenvalue weighted by Gasteiger charge is -2.32. The second kappa shape index (κ2) is 8.26. The van der Waals surface area contributed by atoms with Crippen LogP contribution >= 0.6 is 0 Å². The lowest BCUT2D eigenvalue weighted by Crippen LogP contribution is -2.43. The molecule has 0 radical (unpaired) electrons. The third-order valence-electron chi connectivity index (χ3n) is 5.11. The zero-order chi connectivity index (χ0) is 20.2. The van der Waals surface area contributed by atoms with E-state index in [1.165, 1.54) is 24.3 Å². The molecule has 1 saturated heterocycles. The predicted octanol–water partition coefficient (Wildman–Crippen LogP) is 3.71. The molecule has 4 rings (SSSR count). The number of hydrogen-bond acceptors (Lipinski definition) is 3. The number of amides is 2. The molecule has 1 unspecified atom stereocenters. The first kappa shape index (κ1) is 18.9. The van der Waals surface area contributed by atoms with E-state index in [9.17, 15) is 14.0 Å². The molecule has 0 bridgehead atoms. The normalized spacial score (nSPS) is 16.4. The van der Waals surface area contributed by atoms with E-state index < -0.39 is 0 Å². The number of H-pyrrole nitrogens is 1. The van der Waals surface area contributed by atoms with Gasteiger partial charge in [0.25, 0.3) is 5.91 Å². The van der Waals surface area contributed by atoms with Crippen LogP contribution in [0.3, 0.4) is 0 Å². The Balaban J connectivity index is 1.42. The molecule has 29 heavy (non-hydrogen) atoms. The number of likely N-dealkylation sites (tertiary alicyclic amines) is 1. The monoisotopic (exact) mass is 392 g/mol. The van der Waals surface area contributed by atoms with E-state index >= 15 is 0 Å². The van der Waals surface area contributed by atoms with Crippen LogP contribution < -0.4 is 5.32 Å². The standard InChI is InChI=1S/C22H21FN4O2/c23-18-8-6-15(7-9-18)22(29)27-12-2-4-17(14-27)21(28)25-19-5-1-3-16(13-19)20-10-11-24-26-20/h1,3,5-11,13,17H,2,4,12,14H2,(H,24,26)(H,25,28). The van der Waals surface area contributed by atoms with Gasteiger partial charge in [0, 0.05) is 36.1 Å². The van der Waals surface area contributed by atoms with E-state index in [0.29, 0.717) is 24.3 Å². The van der Waals surface area contributed by atoms with Gasteiger partial charge in [-0.3, -0.25) is 14.7 Å². The number of halogens is 1. The lowest BCUT2D eigenvalue weighted by molar-refractivity contribution is -0.121. The molecule has 0 saturated carbocycles. The van der Waals surface area contributed by atoms with Crippen LogP contribution in [-0.2, 0) is 4.79 Å². The summed E-state index contributed by atoms with van der Waals surface area (Å²) in [6.07, 6.45) is 3.15. The second-order valence-corrected chi connectivity index (χ2v) is 7.14. The van der Waals surface area contributed by atoms with Gasteiger partial charge >= 0.3 is 0 Å². The molecule has 1 aliphatic heterocycles. The van der Waals surface area contributed by atoms with Gasteiger partial charge in [0.1, 0.15) is 5.82 Å². The zero-order valence-corrected chi connectivity index (χ0v) is 15.8. The van der Waals surface area contributed by atoms with Crippen LogP contribution in [0.15, 0.2) is 60.8 Å². The topological polar surface area (TPSA) is 78.1 Å². The van der Waals surface area contributed by atoms with Crippen molar-refractivity contribution < 1.29 is 14.0 Å². The number of nitrogens with one attached hydrogen (secondary N) is 2. The molecule has 6 nitrogen and oxygen atoms in total. The van der Waals surface area contributed by atoms with Crippen molar-refractivity contribution in [3.8, 4) is 11.3 Å². The van der Waals surface area contributed by atoms with Gasteiger partial charge in [-0.05, 0) is 55.3 Å². The van der Waals surface area contributed by atoms with E-state index in [-0.39, 0.29) is 23.5 Å². The minimum Gasteiger partial charge on any atom is -0.338 e. The van der Waals surface area contributed by atoms with Crippen LogP contribution in [0.1, 0.15) is 23.2 Å². The van der Waals surface area contributed by atoms with Crippen LogP contribution in [0.25, 0.3) is 11.3 Å². The average Bonchev–Trinajstić information content (AvgIpc) is 3.29. The number of benzene rings is 2. The lowest BCUT2D eigenvalue weighted by atomic mass is 9.96. The molecular weight excluding hydrogens is 371 g/mol. The number of aromatic amines is 1. The van der Waals surface area contributed by atoms with Gasteiger partial charge < -0.3 is 10.2 Å². The summed E-state index contributed by atoms with van der Waals surface area (Å²) in [5.41, 5.74) is 2.93. The van der Waals surface area contributed by atoms with Crippen molar-refractivity contribution in [2.45, 2.75) is 12.8 Å². The molecule has 2 aromatic carbocycles. The largest absolute Gasteiger partial charge is 0.338 e. The summed E-state index contributed by atoms with van der Waals surface area (Å²) >= 11 is 0. The summed E-state index contributed by atoms with van der Waals surface area (Å²) in [7, 11) is 0. The fourth-order valence-electron chi connectivity index (χ4n) is 3.58. The van der Waals surface area contributed by atoms with Crippen LogP contribution in [0.5, 0.6) is 0 Å². The van der Waals surface area contributed by atoms with Crippen molar-refractivity contribution in [3.05, 3.63) is 72.2 Å². The summed E-state index contributed by atoms with van der Waals surface area (Å²) in [4.78, 5) is 27.1. The molecule has 2 N–H and O–H groups in total. The Morgan fingerprint density at radius 3 is 2.72 bits per heavy atom. The van der Waals surface area contributed by atoms with Crippen molar-refractivity contribution in [2.75, 3.05) is 18.4 Å². The first-order chi connectivity index (χ1) is 14.1. The Hall–Kier alpha value is -3.48. The number of carbonyl (C=O) groups is 2. The first-order valence-corrected chi connectivity index (χ1v) is 9.56. The van der Waals surface area contributed by atoms with Crippen molar-refractivity contribution in [1.29, 1.82) is 0 Å². The molecule has 0 spiro atoms. The Bertz CT molecular complexity index is 1000. The molecule has 2 amide bonds. The van der Waals surface area contributed by atoms with E-state index in [2.05, 4.69) is 15.5 Å². The molecule has 2 heterocycles. The zero-order valence-electron chi connectivity index (χ0n) is 15.8. The van der Waals surface area contributed by atoms with Gasteiger partial charge in [-0.1, -0.05) is 12.1 Å². The summed E-state index contributed by atoms with van der Waals surface area (Å²) in [5, 5.41) is 9.81. The molecule has 1 aromatic heterocycles. The van der Waals surface area contributed by atoms with E-state index in [1.807, 2.05) is 30.3 Å². The second-order valence-electron chi connectivity index (χ2n) is 7.14. The summed E-state index contributed by atoms with van der Waals surface area (Å²) in [5.74, 6) is -0.953. The highest BCUT2D eigenvalue weighted by molar-refractivity contribution is 5.96. The molecule has 0 aliphatic carbocycles. The summed E-state index contributed by atoms with van der Waals surface area (Å²) in [6.45, 7) is 0.942. The Kier molecular flexibility index (Phi) is 5.37. The Morgan fingerprint density at radius 1 is 1.14 bits per heavy atom. The highest BCUT2D eigenvalue weighted by Crippen LogP contribution is 2.23. The van der Waals surface area contributed by atoms with Crippen LogP contribution in [0.2, 0.25) is 0 Å². The van der Waals surface area contributed by atoms with E-state index in [4.69, 9.17) is 0 Å². The van der Waals surface area contributed by atoms with E-state index in [0.717, 1.165) is 24.1 Å². The van der Waals surface area contributed by atoms with Crippen LogP contribution in [0, 0.1) is 11.7 Å². The SMILES string of the molecule is O=C(Nc1cccc(-c2ccn[nH]2)c1)C1CCCN(C(=O)c2ccc(F)cc2)C1. The average molecular weight is 392 g/mol. The molecule has 1 aliphatic rings. The molecular formula is C22H21FN4O2. The number of hydrogen-bond donors (Lipinski definition) is 2. The smallest absolute Gasteiger partial charge is 0.253 e.